The minimum atomic E-state index is 0.162. The van der Waals surface area contributed by atoms with Crippen molar-refractivity contribution in [3.05, 3.63) is 24.0 Å². The first kappa shape index (κ1) is 8.34. The summed E-state index contributed by atoms with van der Waals surface area (Å²) in [5.74, 6) is 0. The zero-order chi connectivity index (χ0) is 8.27. The molecule has 0 aliphatic carbocycles. The highest BCUT2D eigenvalue weighted by molar-refractivity contribution is 5.04. The molecule has 0 saturated heterocycles. The molecule has 1 heterocycles. The Balaban J connectivity index is 2.67. The summed E-state index contributed by atoms with van der Waals surface area (Å²) < 4.78 is 7.54. The van der Waals surface area contributed by atoms with Crippen molar-refractivity contribution in [2.45, 2.75) is 27.0 Å². The number of aromatic nitrogens is 1. The third kappa shape index (κ3) is 1.84. The van der Waals surface area contributed by atoms with E-state index < -0.39 is 0 Å². The van der Waals surface area contributed by atoms with E-state index in [0.717, 1.165) is 6.61 Å². The van der Waals surface area contributed by atoms with Crippen LogP contribution >= 0.6 is 0 Å². The van der Waals surface area contributed by atoms with Gasteiger partial charge in [0.15, 0.2) is 0 Å². The van der Waals surface area contributed by atoms with Crippen LogP contribution in [-0.2, 0) is 4.74 Å². The Bertz CT molecular complexity index is 217. The predicted molar refractivity (Wildman–Crippen MR) is 45.5 cm³/mol. The Morgan fingerprint density at radius 3 is 2.82 bits per heavy atom. The molecule has 2 nitrogen and oxygen atoms in total. The summed E-state index contributed by atoms with van der Waals surface area (Å²) in [6.07, 6.45) is 2.20. The van der Waals surface area contributed by atoms with Crippen molar-refractivity contribution in [3.63, 3.8) is 0 Å². The van der Waals surface area contributed by atoms with Gasteiger partial charge in [-0.15, -0.1) is 0 Å². The van der Waals surface area contributed by atoms with E-state index in [9.17, 15) is 0 Å². The van der Waals surface area contributed by atoms with Crippen molar-refractivity contribution >= 4 is 0 Å². The molecule has 0 amide bonds. The minimum absolute atomic E-state index is 0.162. The molecule has 1 aromatic rings. The lowest BCUT2D eigenvalue weighted by Crippen LogP contribution is -2.09. The van der Waals surface area contributed by atoms with E-state index >= 15 is 0 Å². The molecule has 1 unspecified atom stereocenters. The second-order valence-electron chi connectivity index (χ2n) is 2.61. The van der Waals surface area contributed by atoms with E-state index in [2.05, 4.69) is 24.5 Å². The van der Waals surface area contributed by atoms with Crippen LogP contribution in [0.25, 0.3) is 0 Å². The van der Waals surface area contributed by atoms with E-state index in [-0.39, 0.29) is 6.23 Å². The van der Waals surface area contributed by atoms with Crippen molar-refractivity contribution in [3.8, 4) is 0 Å². The van der Waals surface area contributed by atoms with Crippen LogP contribution in [-0.4, -0.2) is 11.2 Å². The van der Waals surface area contributed by atoms with E-state index in [1.54, 1.807) is 0 Å². The van der Waals surface area contributed by atoms with Crippen molar-refractivity contribution < 1.29 is 4.74 Å². The van der Waals surface area contributed by atoms with E-state index in [0.29, 0.717) is 0 Å². The highest BCUT2D eigenvalue weighted by Crippen LogP contribution is 2.11. The summed E-state index contributed by atoms with van der Waals surface area (Å²) in [5.41, 5.74) is 1.24. The topological polar surface area (TPSA) is 14.2 Å². The van der Waals surface area contributed by atoms with Gasteiger partial charge in [-0.1, -0.05) is 0 Å². The number of aryl methyl sites for hydroxylation is 1. The molecular weight excluding hydrogens is 138 g/mol. The quantitative estimate of drug-likeness (QED) is 0.650. The van der Waals surface area contributed by atoms with Crippen LogP contribution in [0.1, 0.15) is 25.8 Å². The number of hydrogen-bond donors (Lipinski definition) is 0. The highest BCUT2D eigenvalue weighted by Gasteiger charge is 2.03. The van der Waals surface area contributed by atoms with Crippen LogP contribution in [0.3, 0.4) is 0 Å². The lowest BCUT2D eigenvalue weighted by molar-refractivity contribution is 0.0238. The maximum Gasteiger partial charge on any atom is 0.130 e. The van der Waals surface area contributed by atoms with Gasteiger partial charge in [0, 0.05) is 18.5 Å². The normalized spacial score (nSPS) is 13.4. The molecule has 62 valence electrons. The summed E-state index contributed by atoms with van der Waals surface area (Å²) in [6, 6.07) is 4.11. The molecule has 0 fully saturated rings. The first-order valence-electron chi connectivity index (χ1n) is 4.00. The summed E-state index contributed by atoms with van der Waals surface area (Å²) in [7, 11) is 0. The maximum atomic E-state index is 5.43. The molecule has 0 aliphatic heterocycles. The SMILES string of the molecule is CCOC(C)n1cccc1C. The molecule has 0 radical (unpaired) electrons. The largest absolute Gasteiger partial charge is 0.359 e. The van der Waals surface area contributed by atoms with E-state index in [1.165, 1.54) is 5.69 Å². The molecule has 0 aromatic carbocycles. The average molecular weight is 153 g/mol. The van der Waals surface area contributed by atoms with Crippen LogP contribution < -0.4 is 0 Å². The van der Waals surface area contributed by atoms with Crippen LogP contribution in [0.15, 0.2) is 18.3 Å². The van der Waals surface area contributed by atoms with Gasteiger partial charge in [-0.25, -0.2) is 0 Å². The molecule has 0 aliphatic rings. The summed E-state index contributed by atoms with van der Waals surface area (Å²) in [5, 5.41) is 0. The fraction of sp³-hybridized carbons (Fsp3) is 0.556. The van der Waals surface area contributed by atoms with Gasteiger partial charge in [0.05, 0.1) is 0 Å². The summed E-state index contributed by atoms with van der Waals surface area (Å²) in [6.45, 7) is 6.90. The number of nitrogens with zero attached hydrogens (tertiary/aromatic N) is 1. The maximum absolute atomic E-state index is 5.43. The molecule has 1 rings (SSSR count). The van der Waals surface area contributed by atoms with E-state index in [1.807, 2.05) is 19.2 Å². The average Bonchev–Trinajstić information content (AvgIpc) is 2.36. The van der Waals surface area contributed by atoms with Crippen LogP contribution in [0, 0.1) is 6.92 Å². The Morgan fingerprint density at radius 1 is 1.64 bits per heavy atom. The monoisotopic (exact) mass is 153 g/mol. The third-order valence-corrected chi connectivity index (χ3v) is 1.79. The molecule has 0 spiro atoms. The summed E-state index contributed by atoms with van der Waals surface area (Å²) >= 11 is 0. The Morgan fingerprint density at radius 2 is 2.36 bits per heavy atom. The molecule has 1 atom stereocenters. The van der Waals surface area contributed by atoms with Gasteiger partial charge < -0.3 is 9.30 Å². The van der Waals surface area contributed by atoms with Crippen molar-refractivity contribution in [2.75, 3.05) is 6.61 Å². The van der Waals surface area contributed by atoms with Gasteiger partial charge in [0.25, 0.3) is 0 Å². The zero-order valence-electron chi connectivity index (χ0n) is 7.37. The molecular formula is C9H15NO. The molecule has 0 saturated carbocycles. The van der Waals surface area contributed by atoms with Gasteiger partial charge in [0.1, 0.15) is 6.23 Å². The Hall–Kier alpha value is -0.760. The molecule has 11 heavy (non-hydrogen) atoms. The third-order valence-electron chi connectivity index (χ3n) is 1.79. The van der Waals surface area contributed by atoms with Gasteiger partial charge >= 0.3 is 0 Å². The zero-order valence-corrected chi connectivity index (χ0v) is 7.37. The smallest absolute Gasteiger partial charge is 0.130 e. The number of hydrogen-bond acceptors (Lipinski definition) is 1. The number of rotatable bonds is 3. The fourth-order valence-corrected chi connectivity index (χ4v) is 1.21. The number of ether oxygens (including phenoxy) is 1. The van der Waals surface area contributed by atoms with Crippen LogP contribution in [0.2, 0.25) is 0 Å². The van der Waals surface area contributed by atoms with Crippen LogP contribution in [0.5, 0.6) is 0 Å². The predicted octanol–water partition coefficient (Wildman–Crippen LogP) is 2.35. The second-order valence-corrected chi connectivity index (χ2v) is 2.61. The minimum Gasteiger partial charge on any atom is -0.359 e. The molecule has 0 bridgehead atoms. The van der Waals surface area contributed by atoms with Gasteiger partial charge in [-0.3, -0.25) is 0 Å². The second kappa shape index (κ2) is 3.58. The van der Waals surface area contributed by atoms with Crippen LogP contribution in [0.4, 0.5) is 0 Å². The Kier molecular flexibility index (Phi) is 2.71. The molecule has 0 N–H and O–H groups in total. The highest BCUT2D eigenvalue weighted by atomic mass is 16.5. The fourth-order valence-electron chi connectivity index (χ4n) is 1.21. The summed E-state index contributed by atoms with van der Waals surface area (Å²) in [4.78, 5) is 0. The van der Waals surface area contributed by atoms with Gasteiger partial charge in [-0.05, 0) is 32.9 Å². The molecule has 2 heteroatoms. The lowest BCUT2D eigenvalue weighted by atomic mass is 10.5. The standard InChI is InChI=1S/C9H15NO/c1-4-11-9(3)10-7-5-6-8(10)2/h5-7,9H,4H2,1-3H3. The lowest BCUT2D eigenvalue weighted by Gasteiger charge is -2.15. The van der Waals surface area contributed by atoms with Gasteiger partial charge in [-0.2, -0.15) is 0 Å². The van der Waals surface area contributed by atoms with Crippen molar-refractivity contribution in [2.24, 2.45) is 0 Å². The first-order valence-corrected chi connectivity index (χ1v) is 4.00. The van der Waals surface area contributed by atoms with Crippen molar-refractivity contribution in [1.29, 1.82) is 0 Å². The first-order chi connectivity index (χ1) is 5.25. The van der Waals surface area contributed by atoms with Gasteiger partial charge in [0.2, 0.25) is 0 Å². The van der Waals surface area contributed by atoms with E-state index in [4.69, 9.17) is 4.74 Å². The Labute approximate surface area is 67.8 Å². The van der Waals surface area contributed by atoms with Crippen molar-refractivity contribution in [1.82, 2.24) is 4.57 Å². The molecule has 1 aromatic heterocycles.